The van der Waals surface area contributed by atoms with Crippen LogP contribution in [-0.4, -0.2) is 48.6 Å². The molecule has 0 saturated carbocycles. The lowest BCUT2D eigenvalue weighted by atomic mass is 10.0. The van der Waals surface area contributed by atoms with E-state index in [1.54, 1.807) is 26.6 Å². The third-order valence-electron chi connectivity index (χ3n) is 3.76. The van der Waals surface area contributed by atoms with Gasteiger partial charge in [-0.2, -0.15) is 0 Å². The van der Waals surface area contributed by atoms with Crippen molar-refractivity contribution in [2.24, 2.45) is 15.9 Å². The van der Waals surface area contributed by atoms with Crippen molar-refractivity contribution < 1.29 is 9.47 Å². The van der Waals surface area contributed by atoms with Gasteiger partial charge in [0.2, 0.25) is 11.8 Å². The Bertz CT molecular complexity index is 749. The van der Waals surface area contributed by atoms with E-state index in [1.807, 2.05) is 19.1 Å². The van der Waals surface area contributed by atoms with Crippen molar-refractivity contribution in [3.63, 3.8) is 0 Å². The van der Waals surface area contributed by atoms with Gasteiger partial charge in [-0.25, -0.2) is 9.98 Å². The molecule has 1 aromatic carbocycles. The SMILES string of the molecule is COC1=NC(C(C)C)C(OC)=NC1.Cc1ccc(Br)c2nccnc12. The number of halogens is 1. The summed E-state index contributed by atoms with van der Waals surface area (Å²) in [4.78, 5) is 17.1. The fourth-order valence-electron chi connectivity index (χ4n) is 2.38. The predicted molar refractivity (Wildman–Crippen MR) is 104 cm³/mol. The lowest BCUT2D eigenvalue weighted by Gasteiger charge is -2.22. The fraction of sp³-hybridized carbons (Fsp3) is 0.444. The molecular formula is C18H23BrN4O2. The summed E-state index contributed by atoms with van der Waals surface area (Å²) < 4.78 is 11.2. The van der Waals surface area contributed by atoms with E-state index in [1.165, 1.54) is 0 Å². The van der Waals surface area contributed by atoms with E-state index in [9.17, 15) is 0 Å². The molecule has 1 unspecified atom stereocenters. The number of ether oxygens (including phenoxy) is 2. The predicted octanol–water partition coefficient (Wildman–Crippen LogP) is 3.82. The van der Waals surface area contributed by atoms with Gasteiger partial charge in [-0.05, 0) is 40.4 Å². The molecule has 6 nitrogen and oxygen atoms in total. The quantitative estimate of drug-likeness (QED) is 0.721. The zero-order valence-corrected chi connectivity index (χ0v) is 16.7. The number of methoxy groups -OCH3 is 2. The first-order valence-corrected chi connectivity index (χ1v) is 8.82. The first-order chi connectivity index (χ1) is 12.0. The zero-order valence-electron chi connectivity index (χ0n) is 15.2. The second-order valence-corrected chi connectivity index (χ2v) is 6.75. The van der Waals surface area contributed by atoms with Gasteiger partial charge in [-0.3, -0.25) is 9.97 Å². The highest BCUT2D eigenvalue weighted by atomic mass is 79.9. The van der Waals surface area contributed by atoms with Crippen molar-refractivity contribution >= 4 is 38.8 Å². The Hall–Kier alpha value is -2.02. The molecule has 0 saturated heterocycles. The van der Waals surface area contributed by atoms with Crippen molar-refractivity contribution in [1.82, 2.24) is 9.97 Å². The van der Waals surface area contributed by atoms with Crippen molar-refractivity contribution in [3.05, 3.63) is 34.6 Å². The molecule has 25 heavy (non-hydrogen) atoms. The number of hydrogen-bond acceptors (Lipinski definition) is 6. The maximum absolute atomic E-state index is 5.15. The maximum Gasteiger partial charge on any atom is 0.209 e. The number of rotatable bonds is 1. The number of nitrogens with zero attached hydrogens (tertiary/aromatic N) is 4. The van der Waals surface area contributed by atoms with Crippen LogP contribution in [0.15, 0.2) is 39.0 Å². The third kappa shape index (κ3) is 4.75. The van der Waals surface area contributed by atoms with E-state index in [4.69, 9.17) is 9.47 Å². The molecule has 0 fully saturated rings. The Morgan fingerprint density at radius 3 is 2.32 bits per heavy atom. The minimum atomic E-state index is 0.00806. The average Bonchev–Trinajstić information content (AvgIpc) is 2.65. The highest BCUT2D eigenvalue weighted by Crippen LogP contribution is 2.22. The number of benzene rings is 1. The molecule has 134 valence electrons. The normalized spacial score (nSPS) is 16.7. The van der Waals surface area contributed by atoms with Gasteiger partial charge >= 0.3 is 0 Å². The molecular weight excluding hydrogens is 384 g/mol. The van der Waals surface area contributed by atoms with Crippen molar-refractivity contribution in [3.8, 4) is 0 Å². The molecule has 7 heteroatoms. The lowest BCUT2D eigenvalue weighted by molar-refractivity contribution is 0.344. The van der Waals surface area contributed by atoms with Gasteiger partial charge in [0, 0.05) is 16.9 Å². The molecule has 3 rings (SSSR count). The summed E-state index contributed by atoms with van der Waals surface area (Å²) in [5, 5.41) is 0. The van der Waals surface area contributed by atoms with E-state index in [-0.39, 0.29) is 6.04 Å². The van der Waals surface area contributed by atoms with Gasteiger partial charge < -0.3 is 9.47 Å². The maximum atomic E-state index is 5.15. The Labute approximate surface area is 156 Å². The molecule has 0 aliphatic carbocycles. The van der Waals surface area contributed by atoms with Gasteiger partial charge in [0.25, 0.3) is 0 Å². The van der Waals surface area contributed by atoms with Crippen LogP contribution in [-0.2, 0) is 9.47 Å². The second kappa shape index (κ2) is 8.89. The van der Waals surface area contributed by atoms with Gasteiger partial charge in [0.15, 0.2) is 0 Å². The highest BCUT2D eigenvalue weighted by molar-refractivity contribution is 9.10. The fourth-order valence-corrected chi connectivity index (χ4v) is 2.81. The minimum absolute atomic E-state index is 0.00806. The molecule has 1 aliphatic heterocycles. The number of hydrogen-bond donors (Lipinski definition) is 0. The standard InChI is InChI=1S/C9H7BrN2.C9H16N2O2/c1-6-2-3-7(10)9-8(6)11-4-5-12-9;1-6(2)8-9(13-4)10-5-7(11-8)12-3/h2-5H,1H3;6,8H,5H2,1-4H3. The zero-order chi connectivity index (χ0) is 18.4. The van der Waals surface area contributed by atoms with Crippen molar-refractivity contribution in [2.45, 2.75) is 26.8 Å². The van der Waals surface area contributed by atoms with E-state index in [0.717, 1.165) is 21.1 Å². The Balaban J connectivity index is 0.000000181. The van der Waals surface area contributed by atoms with E-state index < -0.39 is 0 Å². The molecule has 2 heterocycles. The molecule has 1 aromatic heterocycles. The molecule has 0 spiro atoms. The van der Waals surface area contributed by atoms with Gasteiger partial charge in [0.05, 0.1) is 19.7 Å². The Morgan fingerprint density at radius 1 is 1.08 bits per heavy atom. The molecule has 1 aliphatic rings. The minimum Gasteiger partial charge on any atom is -0.483 e. The number of aliphatic imine (C=N–C) groups is 2. The molecule has 0 bridgehead atoms. The van der Waals surface area contributed by atoms with Crippen LogP contribution in [0.4, 0.5) is 0 Å². The molecule has 0 N–H and O–H groups in total. The van der Waals surface area contributed by atoms with Crippen LogP contribution in [0, 0.1) is 12.8 Å². The third-order valence-corrected chi connectivity index (χ3v) is 4.40. The van der Waals surface area contributed by atoms with Crippen LogP contribution in [0.25, 0.3) is 11.0 Å². The van der Waals surface area contributed by atoms with Crippen LogP contribution in [0.1, 0.15) is 19.4 Å². The van der Waals surface area contributed by atoms with Gasteiger partial charge in [-0.15, -0.1) is 0 Å². The molecule has 0 radical (unpaired) electrons. The van der Waals surface area contributed by atoms with Gasteiger partial charge in [-0.1, -0.05) is 19.9 Å². The first-order valence-electron chi connectivity index (χ1n) is 8.02. The molecule has 2 aromatic rings. The van der Waals surface area contributed by atoms with E-state index >= 15 is 0 Å². The summed E-state index contributed by atoms with van der Waals surface area (Å²) in [6.45, 7) is 6.69. The average molecular weight is 407 g/mol. The molecule has 1 atom stereocenters. The van der Waals surface area contributed by atoms with Crippen molar-refractivity contribution in [2.75, 3.05) is 20.8 Å². The van der Waals surface area contributed by atoms with Crippen LogP contribution >= 0.6 is 15.9 Å². The Kier molecular flexibility index (Phi) is 6.87. The summed E-state index contributed by atoms with van der Waals surface area (Å²) in [6, 6.07) is 4.03. The van der Waals surface area contributed by atoms with E-state index in [2.05, 4.69) is 49.7 Å². The second-order valence-electron chi connectivity index (χ2n) is 5.89. The Morgan fingerprint density at radius 2 is 1.76 bits per heavy atom. The van der Waals surface area contributed by atoms with Gasteiger partial charge in [0.1, 0.15) is 18.1 Å². The topological polar surface area (TPSA) is 69.0 Å². The van der Waals surface area contributed by atoms with E-state index in [0.29, 0.717) is 24.3 Å². The monoisotopic (exact) mass is 406 g/mol. The summed E-state index contributed by atoms with van der Waals surface area (Å²) in [6.07, 6.45) is 3.41. The summed E-state index contributed by atoms with van der Waals surface area (Å²) in [5.41, 5.74) is 3.05. The molecule has 0 amide bonds. The number of aromatic nitrogens is 2. The summed E-state index contributed by atoms with van der Waals surface area (Å²) >= 11 is 3.43. The van der Waals surface area contributed by atoms with Crippen LogP contribution in [0.3, 0.4) is 0 Å². The summed E-state index contributed by atoms with van der Waals surface area (Å²) in [7, 11) is 3.24. The summed E-state index contributed by atoms with van der Waals surface area (Å²) in [5.74, 6) is 1.76. The number of fused-ring (bicyclic) bond motifs is 1. The lowest BCUT2D eigenvalue weighted by Crippen LogP contribution is -2.32. The number of aryl methyl sites for hydroxylation is 1. The smallest absolute Gasteiger partial charge is 0.209 e. The largest absolute Gasteiger partial charge is 0.483 e. The van der Waals surface area contributed by atoms with Crippen LogP contribution in [0.5, 0.6) is 0 Å². The van der Waals surface area contributed by atoms with Crippen LogP contribution in [0.2, 0.25) is 0 Å². The van der Waals surface area contributed by atoms with Crippen LogP contribution < -0.4 is 0 Å². The van der Waals surface area contributed by atoms with Crippen molar-refractivity contribution in [1.29, 1.82) is 0 Å². The first kappa shape index (κ1) is 19.3. The highest BCUT2D eigenvalue weighted by Gasteiger charge is 2.24.